The van der Waals surface area contributed by atoms with Gasteiger partial charge in [0.15, 0.2) is 0 Å². The zero-order valence-electron chi connectivity index (χ0n) is 19.4. The third-order valence-corrected chi connectivity index (χ3v) is 4.72. The molecule has 0 saturated carbocycles. The highest BCUT2D eigenvalue weighted by molar-refractivity contribution is 7.76. The van der Waals surface area contributed by atoms with Gasteiger partial charge in [0.25, 0.3) is 0 Å². The van der Waals surface area contributed by atoms with Crippen molar-refractivity contribution < 1.29 is 37.4 Å². The predicted molar refractivity (Wildman–Crippen MR) is 116 cm³/mol. The van der Waals surface area contributed by atoms with E-state index in [0.29, 0.717) is 9.98 Å². The van der Waals surface area contributed by atoms with E-state index in [1.807, 2.05) is 0 Å². The van der Waals surface area contributed by atoms with E-state index in [1.54, 1.807) is 47.6 Å². The van der Waals surface area contributed by atoms with Gasteiger partial charge in [0.1, 0.15) is 29.7 Å². The van der Waals surface area contributed by atoms with Crippen LogP contribution in [0.15, 0.2) is 18.3 Å². The maximum atomic E-state index is 12.9. The Kier molecular flexibility index (Phi) is 8.38. The number of hydrogen-bond acceptors (Lipinski definition) is 9. The number of carbonyl (C=O) groups excluding carboxylic acids is 3. The van der Waals surface area contributed by atoms with Crippen LogP contribution in [0.1, 0.15) is 47.1 Å². The summed E-state index contributed by atoms with van der Waals surface area (Å²) in [5, 5.41) is 3.32. The molecule has 0 bridgehead atoms. The molecule has 2 atom stereocenters. The molecule has 12 nitrogen and oxygen atoms in total. The standard InChI is InChI=1S/C20H30N4O8S/c1-19(2,3)31-16(25)14(24(33(28)29)23-9-10-30-18(23)27)11-13-7-8-15(21-12-13)22-17(26)32-20(4,5)6/h7-8,12,14H,9-11H2,1-6H3,(H,28,29)(H,21,22,26)/p-1. The molecule has 0 aliphatic carbocycles. The summed E-state index contributed by atoms with van der Waals surface area (Å²) < 4.78 is 40.0. The second-order valence-electron chi connectivity index (χ2n) is 9.19. The van der Waals surface area contributed by atoms with E-state index in [1.165, 1.54) is 12.3 Å². The van der Waals surface area contributed by atoms with Crippen LogP contribution in [0.3, 0.4) is 0 Å². The lowest BCUT2D eigenvalue weighted by Gasteiger charge is -2.37. The molecule has 33 heavy (non-hydrogen) atoms. The van der Waals surface area contributed by atoms with E-state index in [0.717, 1.165) is 5.01 Å². The largest absolute Gasteiger partial charge is 0.758 e. The summed E-state index contributed by atoms with van der Waals surface area (Å²) in [7, 11) is 0. The first-order chi connectivity index (χ1) is 15.2. The highest BCUT2D eigenvalue weighted by Gasteiger charge is 2.39. The lowest BCUT2D eigenvalue weighted by molar-refractivity contribution is -0.162. The van der Waals surface area contributed by atoms with Crippen LogP contribution in [0.2, 0.25) is 0 Å². The van der Waals surface area contributed by atoms with Crippen molar-refractivity contribution in [3.05, 3.63) is 23.9 Å². The number of esters is 1. The third kappa shape index (κ3) is 8.26. The van der Waals surface area contributed by atoms with E-state index in [4.69, 9.17) is 14.2 Å². The number of hydrogen-bond donors (Lipinski definition) is 1. The van der Waals surface area contributed by atoms with Crippen LogP contribution in [0.5, 0.6) is 0 Å². The van der Waals surface area contributed by atoms with Crippen LogP contribution in [0.25, 0.3) is 0 Å². The number of anilines is 1. The molecule has 1 aliphatic heterocycles. The van der Waals surface area contributed by atoms with Crippen molar-refractivity contribution in [2.24, 2.45) is 0 Å². The lowest BCUT2D eigenvalue weighted by atomic mass is 10.1. The molecule has 2 unspecified atom stereocenters. The number of amides is 2. The van der Waals surface area contributed by atoms with Crippen molar-refractivity contribution >= 4 is 35.2 Å². The van der Waals surface area contributed by atoms with E-state index in [-0.39, 0.29) is 25.4 Å². The van der Waals surface area contributed by atoms with Crippen LogP contribution in [-0.2, 0) is 36.7 Å². The summed E-state index contributed by atoms with van der Waals surface area (Å²) in [5.74, 6) is -0.642. The number of cyclic esters (lactones) is 1. The summed E-state index contributed by atoms with van der Waals surface area (Å²) in [6.07, 6.45) is -0.345. The van der Waals surface area contributed by atoms with Gasteiger partial charge < -0.3 is 18.8 Å². The fourth-order valence-corrected chi connectivity index (χ4v) is 3.47. The Morgan fingerprint density at radius 3 is 2.33 bits per heavy atom. The summed E-state index contributed by atoms with van der Waals surface area (Å²) in [6.45, 7) is 10.0. The van der Waals surface area contributed by atoms with Gasteiger partial charge in [-0.2, -0.15) is 0 Å². The third-order valence-electron chi connectivity index (χ3n) is 3.96. The highest BCUT2D eigenvalue weighted by atomic mass is 32.2. The maximum absolute atomic E-state index is 12.9. The molecule has 184 valence electrons. The number of pyridine rings is 1. The number of ether oxygens (including phenoxy) is 3. The van der Waals surface area contributed by atoms with Crippen molar-refractivity contribution in [1.29, 1.82) is 0 Å². The van der Waals surface area contributed by atoms with Crippen LogP contribution in [0.4, 0.5) is 15.4 Å². The van der Waals surface area contributed by atoms with Gasteiger partial charge in [0, 0.05) is 23.9 Å². The van der Waals surface area contributed by atoms with Crippen molar-refractivity contribution in [1.82, 2.24) is 14.4 Å². The smallest absolute Gasteiger partial charge is 0.425 e. The first-order valence-electron chi connectivity index (χ1n) is 10.2. The fourth-order valence-electron chi connectivity index (χ4n) is 2.79. The summed E-state index contributed by atoms with van der Waals surface area (Å²) in [6, 6.07) is 1.65. The first kappa shape index (κ1) is 26.5. The molecule has 0 aromatic carbocycles. The monoisotopic (exact) mass is 485 g/mol. The lowest BCUT2D eigenvalue weighted by Crippen LogP contribution is -2.55. The van der Waals surface area contributed by atoms with Crippen molar-refractivity contribution in [2.75, 3.05) is 18.5 Å². The second kappa shape index (κ2) is 10.4. The number of hydrazine groups is 1. The normalized spacial score (nSPS) is 16.2. The number of aromatic nitrogens is 1. The predicted octanol–water partition coefficient (Wildman–Crippen LogP) is 2.14. The Balaban J connectivity index is 2.25. The minimum atomic E-state index is -2.97. The zero-order valence-corrected chi connectivity index (χ0v) is 20.3. The molecule has 0 spiro atoms. The van der Waals surface area contributed by atoms with Gasteiger partial charge >= 0.3 is 18.2 Å². The Bertz CT molecular complexity index is 895. The van der Waals surface area contributed by atoms with Crippen molar-refractivity contribution in [3.63, 3.8) is 0 Å². The number of nitrogens with zero attached hydrogens (tertiary/aromatic N) is 3. The SMILES string of the molecule is CC(C)(C)OC(=O)Nc1ccc(CC(C(=O)OC(C)(C)C)N(N2CCOC2=O)S(=O)[O-])cn1. The summed E-state index contributed by atoms with van der Waals surface area (Å²) in [4.78, 5) is 40.9. The molecule has 1 fully saturated rings. The fraction of sp³-hybridized carbons (Fsp3) is 0.600. The molecule has 1 aromatic rings. The van der Waals surface area contributed by atoms with Crippen molar-refractivity contribution in [2.45, 2.75) is 65.2 Å². The zero-order chi connectivity index (χ0) is 25.0. The maximum Gasteiger partial charge on any atom is 0.425 e. The second-order valence-corrected chi connectivity index (χ2v) is 10.00. The molecular formula is C20H29N4O8S-. The number of carbonyl (C=O) groups is 3. The Labute approximate surface area is 194 Å². The van der Waals surface area contributed by atoms with Gasteiger partial charge in [-0.05, 0) is 53.2 Å². The van der Waals surface area contributed by atoms with E-state index < -0.39 is 46.7 Å². The molecule has 2 rings (SSSR count). The highest BCUT2D eigenvalue weighted by Crippen LogP contribution is 2.21. The Morgan fingerprint density at radius 1 is 1.24 bits per heavy atom. The van der Waals surface area contributed by atoms with E-state index >= 15 is 0 Å². The number of rotatable bonds is 7. The summed E-state index contributed by atoms with van der Waals surface area (Å²) in [5.41, 5.74) is -1.11. The van der Waals surface area contributed by atoms with Crippen LogP contribution in [-0.4, -0.2) is 71.7 Å². The van der Waals surface area contributed by atoms with Crippen LogP contribution in [0, 0.1) is 0 Å². The molecule has 1 N–H and O–H groups in total. The molecule has 1 aliphatic rings. The van der Waals surface area contributed by atoms with Crippen LogP contribution < -0.4 is 5.32 Å². The van der Waals surface area contributed by atoms with E-state index in [2.05, 4.69) is 10.3 Å². The minimum Gasteiger partial charge on any atom is -0.758 e. The Hall–Kier alpha value is -2.77. The summed E-state index contributed by atoms with van der Waals surface area (Å²) >= 11 is -2.97. The Morgan fingerprint density at radius 2 is 1.88 bits per heavy atom. The average molecular weight is 486 g/mol. The van der Waals surface area contributed by atoms with Gasteiger partial charge in [-0.15, -0.1) is 4.41 Å². The minimum absolute atomic E-state index is 0.0137. The molecule has 0 radical (unpaired) electrons. The van der Waals surface area contributed by atoms with Crippen molar-refractivity contribution in [3.8, 4) is 0 Å². The quantitative estimate of drug-likeness (QED) is 0.348. The van der Waals surface area contributed by atoms with Gasteiger partial charge in [-0.3, -0.25) is 14.3 Å². The topological polar surface area (TPSA) is 150 Å². The molecule has 13 heteroatoms. The molecule has 2 amide bonds. The molecule has 1 saturated heterocycles. The van der Waals surface area contributed by atoms with Gasteiger partial charge in [-0.1, -0.05) is 6.07 Å². The molecular weight excluding hydrogens is 456 g/mol. The average Bonchev–Trinajstić information content (AvgIpc) is 3.05. The van der Waals surface area contributed by atoms with Gasteiger partial charge in [0.2, 0.25) is 0 Å². The van der Waals surface area contributed by atoms with Crippen LogP contribution >= 0.6 is 0 Å². The van der Waals surface area contributed by atoms with E-state index in [9.17, 15) is 23.1 Å². The molecule has 1 aromatic heterocycles. The number of nitrogens with one attached hydrogen (secondary N) is 1. The molecule has 2 heterocycles. The first-order valence-corrected chi connectivity index (χ1v) is 11.2. The van der Waals surface area contributed by atoms with Gasteiger partial charge in [0.05, 0.1) is 6.54 Å². The van der Waals surface area contributed by atoms with Gasteiger partial charge in [-0.25, -0.2) is 19.6 Å².